The van der Waals surface area contributed by atoms with Gasteiger partial charge in [-0.1, -0.05) is 48.5 Å². The Bertz CT molecular complexity index is 913. The fourth-order valence-electron chi connectivity index (χ4n) is 3.19. The standard InChI is InChI=1S/C23H27N3O/c1-17(26(4)16-18-12-14-20(15-13-18)25(2)3)23(27)24-22-11-7-9-19-8-5-6-10-21(19)22/h5-15,17H,16H2,1-4H3,(H,24,27)/p+1/t17-/m0/s1. The summed E-state index contributed by atoms with van der Waals surface area (Å²) in [6.45, 7) is 2.78. The molecule has 3 aromatic rings. The fourth-order valence-corrected chi connectivity index (χ4v) is 3.19. The highest BCUT2D eigenvalue weighted by Gasteiger charge is 2.22. The third-order valence-corrected chi connectivity index (χ3v) is 5.12. The Kier molecular flexibility index (Phi) is 5.77. The van der Waals surface area contributed by atoms with Gasteiger partial charge in [0.1, 0.15) is 6.54 Å². The zero-order chi connectivity index (χ0) is 19.4. The minimum atomic E-state index is -0.155. The van der Waals surface area contributed by atoms with E-state index in [0.29, 0.717) is 0 Å². The van der Waals surface area contributed by atoms with E-state index < -0.39 is 0 Å². The monoisotopic (exact) mass is 362 g/mol. The lowest BCUT2D eigenvalue weighted by molar-refractivity contribution is -0.907. The number of nitrogens with one attached hydrogen (secondary N) is 2. The van der Waals surface area contributed by atoms with E-state index >= 15 is 0 Å². The van der Waals surface area contributed by atoms with Crippen molar-refractivity contribution in [3.8, 4) is 0 Å². The molecule has 1 amide bonds. The minimum absolute atomic E-state index is 0.0359. The molecule has 140 valence electrons. The van der Waals surface area contributed by atoms with Crippen molar-refractivity contribution < 1.29 is 9.69 Å². The zero-order valence-electron chi connectivity index (χ0n) is 16.5. The second-order valence-corrected chi connectivity index (χ2v) is 7.32. The average Bonchev–Trinajstić information content (AvgIpc) is 2.68. The van der Waals surface area contributed by atoms with Gasteiger partial charge in [0.05, 0.1) is 7.05 Å². The summed E-state index contributed by atoms with van der Waals surface area (Å²) in [5, 5.41) is 5.31. The molecule has 2 atom stereocenters. The maximum atomic E-state index is 12.8. The number of benzene rings is 3. The number of hydrogen-bond donors (Lipinski definition) is 2. The van der Waals surface area contributed by atoms with Crippen LogP contribution in [0.2, 0.25) is 0 Å². The van der Waals surface area contributed by atoms with Gasteiger partial charge in [-0.05, 0) is 30.5 Å². The van der Waals surface area contributed by atoms with Gasteiger partial charge in [0.2, 0.25) is 0 Å². The summed E-state index contributed by atoms with van der Waals surface area (Å²) in [6.07, 6.45) is 0. The van der Waals surface area contributed by atoms with Gasteiger partial charge in [-0.25, -0.2) is 0 Å². The summed E-state index contributed by atoms with van der Waals surface area (Å²) >= 11 is 0. The lowest BCUT2D eigenvalue weighted by Crippen LogP contribution is -3.12. The first-order chi connectivity index (χ1) is 13.0. The Balaban J connectivity index is 1.67. The molecule has 0 radical (unpaired) electrons. The second-order valence-electron chi connectivity index (χ2n) is 7.32. The number of nitrogens with zero attached hydrogens (tertiary/aromatic N) is 1. The molecule has 0 saturated heterocycles. The van der Waals surface area contributed by atoms with Crippen LogP contribution in [0.4, 0.5) is 11.4 Å². The first-order valence-electron chi connectivity index (χ1n) is 9.33. The molecule has 0 aliphatic rings. The number of anilines is 2. The van der Waals surface area contributed by atoms with Crippen molar-refractivity contribution in [1.82, 2.24) is 0 Å². The maximum Gasteiger partial charge on any atom is 0.282 e. The molecule has 0 aliphatic carbocycles. The third-order valence-electron chi connectivity index (χ3n) is 5.12. The van der Waals surface area contributed by atoms with Crippen LogP contribution >= 0.6 is 0 Å². The summed E-state index contributed by atoms with van der Waals surface area (Å²) in [5.41, 5.74) is 3.27. The van der Waals surface area contributed by atoms with Crippen LogP contribution < -0.4 is 15.1 Å². The maximum absolute atomic E-state index is 12.8. The number of carbonyl (C=O) groups is 1. The molecule has 4 nitrogen and oxygen atoms in total. The Labute approximate surface area is 161 Å². The van der Waals surface area contributed by atoms with Crippen molar-refractivity contribution in [3.63, 3.8) is 0 Å². The van der Waals surface area contributed by atoms with Crippen molar-refractivity contribution in [2.75, 3.05) is 31.4 Å². The van der Waals surface area contributed by atoms with E-state index in [1.807, 2.05) is 51.4 Å². The van der Waals surface area contributed by atoms with Gasteiger partial charge in [-0.3, -0.25) is 4.79 Å². The van der Waals surface area contributed by atoms with Crippen LogP contribution in [0.1, 0.15) is 12.5 Å². The van der Waals surface area contributed by atoms with E-state index in [-0.39, 0.29) is 11.9 Å². The van der Waals surface area contributed by atoms with Crippen molar-refractivity contribution >= 4 is 28.1 Å². The lowest BCUT2D eigenvalue weighted by atomic mass is 10.1. The number of amides is 1. The molecule has 0 saturated carbocycles. The summed E-state index contributed by atoms with van der Waals surface area (Å²) in [6, 6.07) is 22.4. The molecule has 0 bridgehead atoms. The van der Waals surface area contributed by atoms with Crippen LogP contribution in [0, 0.1) is 0 Å². The predicted molar refractivity (Wildman–Crippen MR) is 113 cm³/mol. The van der Waals surface area contributed by atoms with Crippen LogP contribution in [0.25, 0.3) is 10.8 Å². The minimum Gasteiger partial charge on any atom is -0.378 e. The Morgan fingerprint density at radius 3 is 2.37 bits per heavy atom. The van der Waals surface area contributed by atoms with Crippen molar-refractivity contribution in [2.45, 2.75) is 19.5 Å². The third kappa shape index (κ3) is 4.47. The molecular formula is C23H28N3O+. The van der Waals surface area contributed by atoms with Crippen molar-refractivity contribution in [3.05, 3.63) is 72.3 Å². The zero-order valence-corrected chi connectivity index (χ0v) is 16.5. The molecule has 0 heterocycles. The van der Waals surface area contributed by atoms with E-state index in [0.717, 1.165) is 27.9 Å². The first-order valence-corrected chi connectivity index (χ1v) is 9.33. The van der Waals surface area contributed by atoms with Crippen LogP contribution in [-0.2, 0) is 11.3 Å². The van der Waals surface area contributed by atoms with E-state index in [2.05, 4.69) is 53.7 Å². The van der Waals surface area contributed by atoms with Crippen LogP contribution in [0.3, 0.4) is 0 Å². The Morgan fingerprint density at radius 1 is 1.00 bits per heavy atom. The molecule has 4 heteroatoms. The number of fused-ring (bicyclic) bond motifs is 1. The number of rotatable bonds is 6. The van der Waals surface area contributed by atoms with Crippen LogP contribution in [-0.4, -0.2) is 33.1 Å². The highest BCUT2D eigenvalue weighted by atomic mass is 16.2. The van der Waals surface area contributed by atoms with Gasteiger partial charge >= 0.3 is 0 Å². The summed E-state index contributed by atoms with van der Waals surface area (Å²) in [7, 11) is 6.13. The van der Waals surface area contributed by atoms with Crippen molar-refractivity contribution in [1.29, 1.82) is 0 Å². The molecule has 0 spiro atoms. The summed E-state index contributed by atoms with van der Waals surface area (Å²) in [4.78, 5) is 16.0. The lowest BCUT2D eigenvalue weighted by Gasteiger charge is -2.22. The number of hydrogen-bond acceptors (Lipinski definition) is 2. The molecule has 2 N–H and O–H groups in total. The van der Waals surface area contributed by atoms with E-state index in [1.54, 1.807) is 0 Å². The number of carbonyl (C=O) groups excluding carboxylic acids is 1. The van der Waals surface area contributed by atoms with Crippen molar-refractivity contribution in [2.24, 2.45) is 0 Å². The topological polar surface area (TPSA) is 36.8 Å². The molecular weight excluding hydrogens is 334 g/mol. The van der Waals surface area contributed by atoms with E-state index in [1.165, 1.54) is 11.3 Å². The van der Waals surface area contributed by atoms with E-state index in [4.69, 9.17) is 0 Å². The summed E-state index contributed by atoms with van der Waals surface area (Å²) in [5.74, 6) is 0.0359. The fraction of sp³-hybridized carbons (Fsp3) is 0.261. The first kappa shape index (κ1) is 18.9. The van der Waals surface area contributed by atoms with E-state index in [9.17, 15) is 4.79 Å². The van der Waals surface area contributed by atoms with Crippen LogP contribution in [0.5, 0.6) is 0 Å². The summed E-state index contributed by atoms with van der Waals surface area (Å²) < 4.78 is 0. The van der Waals surface area contributed by atoms with Gasteiger partial charge in [0.25, 0.3) is 5.91 Å². The van der Waals surface area contributed by atoms with Gasteiger partial charge in [0.15, 0.2) is 6.04 Å². The van der Waals surface area contributed by atoms with Gasteiger partial charge in [-0.15, -0.1) is 0 Å². The molecule has 27 heavy (non-hydrogen) atoms. The highest BCUT2D eigenvalue weighted by molar-refractivity contribution is 6.03. The number of quaternary nitrogens is 1. The Morgan fingerprint density at radius 2 is 1.67 bits per heavy atom. The molecule has 3 rings (SSSR count). The molecule has 0 fully saturated rings. The SMILES string of the molecule is C[C@@H](C(=O)Nc1cccc2ccccc12)[NH+](C)Cc1ccc(N(C)C)cc1. The predicted octanol–water partition coefficient (Wildman–Crippen LogP) is 2.95. The second kappa shape index (κ2) is 8.23. The molecule has 0 aliphatic heterocycles. The molecule has 1 unspecified atom stereocenters. The van der Waals surface area contributed by atoms with Gasteiger partial charge in [-0.2, -0.15) is 0 Å². The quantitative estimate of drug-likeness (QED) is 0.707. The molecule has 3 aromatic carbocycles. The largest absolute Gasteiger partial charge is 0.378 e. The Hall–Kier alpha value is -2.85. The van der Waals surface area contributed by atoms with Gasteiger partial charge in [0, 0.05) is 36.4 Å². The smallest absolute Gasteiger partial charge is 0.282 e. The average molecular weight is 362 g/mol. The highest BCUT2D eigenvalue weighted by Crippen LogP contribution is 2.22. The number of likely N-dealkylation sites (N-methyl/N-ethyl adjacent to an activating group) is 1. The normalized spacial score (nSPS) is 13.2. The van der Waals surface area contributed by atoms with Crippen LogP contribution in [0.15, 0.2) is 66.7 Å². The molecule has 0 aromatic heterocycles. The van der Waals surface area contributed by atoms with Gasteiger partial charge < -0.3 is 15.1 Å².